The second-order valence-corrected chi connectivity index (χ2v) is 5.36. The van der Waals surface area contributed by atoms with Gasteiger partial charge in [-0.2, -0.15) is 0 Å². The Labute approximate surface area is 124 Å². The Bertz CT molecular complexity index is 701. The molecule has 0 unspecified atom stereocenters. The van der Waals surface area contributed by atoms with Gasteiger partial charge in [-0.15, -0.1) is 0 Å². The maximum Gasteiger partial charge on any atom is 0.261 e. The number of para-hydroxylation sites is 1. The monoisotopic (exact) mass is 285 g/mol. The summed E-state index contributed by atoms with van der Waals surface area (Å²) in [4.78, 5) is 22.9. The first-order valence-corrected chi connectivity index (χ1v) is 6.92. The molecule has 0 aliphatic carbocycles. The first-order chi connectivity index (χ1) is 10.0. The number of carbonyl (C=O) groups excluding carboxylic acids is 1. The molecule has 0 spiro atoms. The van der Waals surface area contributed by atoms with E-state index < -0.39 is 0 Å². The van der Waals surface area contributed by atoms with Crippen LogP contribution in [0.4, 0.5) is 0 Å². The summed E-state index contributed by atoms with van der Waals surface area (Å²) in [5.41, 5.74) is 1.42. The summed E-state index contributed by atoms with van der Waals surface area (Å²) >= 11 is 0. The van der Waals surface area contributed by atoms with Gasteiger partial charge in [-0.3, -0.25) is 9.59 Å². The van der Waals surface area contributed by atoms with Crippen LogP contribution in [0.2, 0.25) is 0 Å². The molecule has 110 valence electrons. The molecule has 0 aliphatic heterocycles. The van der Waals surface area contributed by atoms with Gasteiger partial charge in [0.25, 0.3) is 5.56 Å². The van der Waals surface area contributed by atoms with Crippen molar-refractivity contribution in [2.24, 2.45) is 13.0 Å². The van der Waals surface area contributed by atoms with Gasteiger partial charge >= 0.3 is 0 Å². The number of carbonyl (C=O) groups is 1. The lowest BCUT2D eigenvalue weighted by Crippen LogP contribution is -2.22. The molecule has 0 N–H and O–H groups in total. The fourth-order valence-corrected chi connectivity index (χ4v) is 2.08. The smallest absolute Gasteiger partial charge is 0.261 e. The second kappa shape index (κ2) is 6.39. The fraction of sp³-hybridized carbons (Fsp3) is 0.294. The Morgan fingerprint density at radius 3 is 2.57 bits per heavy atom. The molecular formula is C17H19NO3. The molecule has 21 heavy (non-hydrogen) atoms. The molecule has 0 aliphatic rings. The number of hydrogen-bond donors (Lipinski definition) is 0. The molecule has 2 aromatic rings. The molecule has 0 bridgehead atoms. The van der Waals surface area contributed by atoms with Gasteiger partial charge in [0.1, 0.15) is 5.75 Å². The summed E-state index contributed by atoms with van der Waals surface area (Å²) < 4.78 is 7.29. The fourth-order valence-electron chi connectivity index (χ4n) is 2.08. The normalized spacial score (nSPS) is 10.7. The van der Waals surface area contributed by atoms with Crippen molar-refractivity contribution < 1.29 is 9.53 Å². The summed E-state index contributed by atoms with van der Waals surface area (Å²) in [6, 6.07) is 10.9. The summed E-state index contributed by atoms with van der Waals surface area (Å²) in [6.07, 6.45) is 0.577. The van der Waals surface area contributed by atoms with Crippen LogP contribution in [0.25, 0.3) is 11.3 Å². The summed E-state index contributed by atoms with van der Waals surface area (Å²) in [5.74, 6) is 1.15. The molecule has 1 heterocycles. The highest BCUT2D eigenvalue weighted by atomic mass is 16.5. The van der Waals surface area contributed by atoms with E-state index in [2.05, 4.69) is 13.8 Å². The van der Waals surface area contributed by atoms with Gasteiger partial charge in [0.05, 0.1) is 17.9 Å². The largest absolute Gasteiger partial charge is 0.493 e. The van der Waals surface area contributed by atoms with Gasteiger partial charge in [0.2, 0.25) is 0 Å². The van der Waals surface area contributed by atoms with Crippen LogP contribution in [0.5, 0.6) is 5.75 Å². The van der Waals surface area contributed by atoms with Gasteiger partial charge in [-0.25, -0.2) is 0 Å². The molecule has 1 aromatic heterocycles. The maximum atomic E-state index is 12.1. The highest BCUT2D eigenvalue weighted by molar-refractivity contribution is 5.76. The minimum atomic E-state index is -0.304. The van der Waals surface area contributed by atoms with Crippen molar-refractivity contribution in [2.45, 2.75) is 13.8 Å². The average molecular weight is 285 g/mol. The molecular weight excluding hydrogens is 266 g/mol. The zero-order valence-electron chi connectivity index (χ0n) is 12.5. The highest BCUT2D eigenvalue weighted by Gasteiger charge is 2.11. The quantitative estimate of drug-likeness (QED) is 0.794. The SMILES string of the molecule is CC(C)COc1ccccc1-c1ccc(C=O)c(=O)n1C. The number of pyridine rings is 1. The van der Waals surface area contributed by atoms with Crippen molar-refractivity contribution >= 4 is 6.29 Å². The van der Waals surface area contributed by atoms with E-state index >= 15 is 0 Å². The molecule has 1 aromatic carbocycles. The topological polar surface area (TPSA) is 48.3 Å². The lowest BCUT2D eigenvalue weighted by Gasteiger charge is -2.15. The molecule has 0 radical (unpaired) electrons. The highest BCUT2D eigenvalue weighted by Crippen LogP contribution is 2.29. The Hall–Kier alpha value is -2.36. The molecule has 4 heteroatoms. The maximum absolute atomic E-state index is 12.1. The van der Waals surface area contributed by atoms with Crippen LogP contribution in [0, 0.1) is 5.92 Å². The number of nitrogens with zero attached hydrogens (tertiary/aromatic N) is 1. The summed E-state index contributed by atoms with van der Waals surface area (Å²) in [6.45, 7) is 4.77. The number of hydrogen-bond acceptors (Lipinski definition) is 3. The summed E-state index contributed by atoms with van der Waals surface area (Å²) in [5, 5.41) is 0. The van der Waals surface area contributed by atoms with E-state index in [1.54, 1.807) is 19.2 Å². The lowest BCUT2D eigenvalue weighted by atomic mass is 10.1. The van der Waals surface area contributed by atoms with Crippen LogP contribution in [0.15, 0.2) is 41.2 Å². The first-order valence-electron chi connectivity index (χ1n) is 6.92. The van der Waals surface area contributed by atoms with Gasteiger partial charge in [0, 0.05) is 12.6 Å². The Balaban J connectivity index is 2.50. The third-order valence-electron chi connectivity index (χ3n) is 3.20. The van der Waals surface area contributed by atoms with E-state index in [-0.39, 0.29) is 11.1 Å². The zero-order chi connectivity index (χ0) is 15.4. The predicted octanol–water partition coefficient (Wildman–Crippen LogP) is 2.90. The van der Waals surface area contributed by atoms with Crippen molar-refractivity contribution in [2.75, 3.05) is 6.61 Å². The Morgan fingerprint density at radius 1 is 1.19 bits per heavy atom. The standard InChI is InChI=1S/C17H19NO3/c1-12(2)11-21-16-7-5-4-6-14(16)15-9-8-13(10-19)17(20)18(15)3/h4-10,12H,11H2,1-3H3. The lowest BCUT2D eigenvalue weighted by molar-refractivity contribution is 0.112. The minimum absolute atomic E-state index is 0.154. The molecule has 2 rings (SSSR count). The van der Waals surface area contributed by atoms with Crippen molar-refractivity contribution in [3.05, 3.63) is 52.3 Å². The minimum Gasteiger partial charge on any atom is -0.493 e. The second-order valence-electron chi connectivity index (χ2n) is 5.36. The van der Waals surface area contributed by atoms with Gasteiger partial charge < -0.3 is 9.30 Å². The van der Waals surface area contributed by atoms with Crippen molar-refractivity contribution in [3.8, 4) is 17.0 Å². The van der Waals surface area contributed by atoms with Gasteiger partial charge in [-0.1, -0.05) is 26.0 Å². The average Bonchev–Trinajstić information content (AvgIpc) is 2.48. The van der Waals surface area contributed by atoms with Crippen LogP contribution in [-0.4, -0.2) is 17.5 Å². The number of aromatic nitrogens is 1. The van der Waals surface area contributed by atoms with Gasteiger partial charge in [-0.05, 0) is 30.2 Å². The third kappa shape index (κ3) is 3.21. The predicted molar refractivity (Wildman–Crippen MR) is 82.8 cm³/mol. The molecule has 0 amide bonds. The first kappa shape index (κ1) is 15.0. The Morgan fingerprint density at radius 2 is 1.90 bits per heavy atom. The number of rotatable bonds is 5. The van der Waals surface area contributed by atoms with Crippen molar-refractivity contribution in [3.63, 3.8) is 0 Å². The molecule has 0 saturated heterocycles. The molecule has 0 saturated carbocycles. The van der Waals surface area contributed by atoms with Crippen molar-refractivity contribution in [1.82, 2.24) is 4.57 Å². The molecule has 0 atom stereocenters. The summed E-state index contributed by atoms with van der Waals surface area (Å²) in [7, 11) is 1.66. The Kier molecular flexibility index (Phi) is 4.58. The van der Waals surface area contributed by atoms with E-state index in [9.17, 15) is 9.59 Å². The van der Waals surface area contributed by atoms with E-state index in [4.69, 9.17) is 4.74 Å². The zero-order valence-corrected chi connectivity index (χ0v) is 12.5. The third-order valence-corrected chi connectivity index (χ3v) is 3.20. The van der Waals surface area contributed by atoms with Crippen LogP contribution < -0.4 is 10.3 Å². The number of benzene rings is 1. The van der Waals surface area contributed by atoms with E-state index in [1.807, 2.05) is 24.3 Å². The number of aldehydes is 1. The van der Waals surface area contributed by atoms with Crippen molar-refractivity contribution in [1.29, 1.82) is 0 Å². The van der Waals surface area contributed by atoms with Crippen LogP contribution in [-0.2, 0) is 7.05 Å². The van der Waals surface area contributed by atoms with E-state index in [1.165, 1.54) is 4.57 Å². The molecule has 4 nitrogen and oxygen atoms in total. The van der Waals surface area contributed by atoms with E-state index in [0.29, 0.717) is 18.8 Å². The van der Waals surface area contributed by atoms with Crippen LogP contribution >= 0.6 is 0 Å². The van der Waals surface area contributed by atoms with Crippen LogP contribution in [0.1, 0.15) is 24.2 Å². The van der Waals surface area contributed by atoms with Crippen LogP contribution in [0.3, 0.4) is 0 Å². The molecule has 0 fully saturated rings. The van der Waals surface area contributed by atoms with Gasteiger partial charge in [0.15, 0.2) is 6.29 Å². The number of ether oxygens (including phenoxy) is 1. The van der Waals surface area contributed by atoms with E-state index in [0.717, 1.165) is 17.0 Å².